The first kappa shape index (κ1) is 14.8. The summed E-state index contributed by atoms with van der Waals surface area (Å²) in [5.41, 5.74) is 0. The molecule has 1 aliphatic carbocycles. The van der Waals surface area contributed by atoms with E-state index in [1.165, 1.54) is 39.3 Å². The predicted molar refractivity (Wildman–Crippen MR) is 76.0 cm³/mol. The molecule has 4 heteroatoms. The minimum Gasteiger partial charge on any atom is -0.469 e. The first-order chi connectivity index (χ1) is 9.17. The molecule has 110 valence electrons. The number of nitrogens with zero attached hydrogens (tertiary/aromatic N) is 1. The van der Waals surface area contributed by atoms with E-state index in [2.05, 4.69) is 17.3 Å². The minimum absolute atomic E-state index is 0.0767. The van der Waals surface area contributed by atoms with Crippen LogP contribution in [-0.2, 0) is 9.53 Å². The van der Waals surface area contributed by atoms with Crippen LogP contribution in [0.5, 0.6) is 0 Å². The molecule has 4 nitrogen and oxygen atoms in total. The van der Waals surface area contributed by atoms with Crippen molar-refractivity contribution in [1.29, 1.82) is 0 Å². The molecule has 0 amide bonds. The van der Waals surface area contributed by atoms with Gasteiger partial charge in [-0.1, -0.05) is 6.42 Å². The lowest BCUT2D eigenvalue weighted by molar-refractivity contribution is -0.141. The summed E-state index contributed by atoms with van der Waals surface area (Å²) in [4.78, 5) is 13.6. The lowest BCUT2D eigenvalue weighted by atomic mass is 9.84. The number of likely N-dealkylation sites (N-methyl/N-ethyl adjacent to an activating group) is 1. The third-order valence-corrected chi connectivity index (χ3v) is 4.62. The Morgan fingerprint density at radius 3 is 2.74 bits per heavy atom. The smallest absolute Gasteiger partial charge is 0.305 e. The number of carbonyl (C=O) groups is 1. The molecule has 19 heavy (non-hydrogen) atoms. The van der Waals surface area contributed by atoms with Gasteiger partial charge in [0.15, 0.2) is 0 Å². The van der Waals surface area contributed by atoms with E-state index in [1.807, 2.05) is 0 Å². The fourth-order valence-corrected chi connectivity index (χ4v) is 3.25. The molecule has 0 radical (unpaired) electrons. The van der Waals surface area contributed by atoms with Crippen molar-refractivity contribution in [3.8, 4) is 0 Å². The fraction of sp³-hybridized carbons (Fsp3) is 0.933. The van der Waals surface area contributed by atoms with Gasteiger partial charge in [0, 0.05) is 25.6 Å². The van der Waals surface area contributed by atoms with Crippen molar-refractivity contribution in [2.24, 2.45) is 11.8 Å². The maximum Gasteiger partial charge on any atom is 0.305 e. The van der Waals surface area contributed by atoms with Gasteiger partial charge in [0.1, 0.15) is 0 Å². The number of hydrogen-bond donors (Lipinski definition) is 1. The van der Waals surface area contributed by atoms with E-state index in [0.717, 1.165) is 25.4 Å². The van der Waals surface area contributed by atoms with Crippen molar-refractivity contribution in [1.82, 2.24) is 10.2 Å². The zero-order chi connectivity index (χ0) is 13.7. The van der Waals surface area contributed by atoms with Crippen molar-refractivity contribution in [2.45, 2.75) is 44.6 Å². The number of likely N-dealkylation sites (tertiary alicyclic amines) is 1. The van der Waals surface area contributed by atoms with E-state index in [1.54, 1.807) is 0 Å². The first-order valence-corrected chi connectivity index (χ1v) is 7.66. The molecule has 1 N–H and O–H groups in total. The molecule has 1 saturated carbocycles. The maximum atomic E-state index is 11.2. The minimum atomic E-state index is -0.0767. The molecule has 2 aliphatic rings. The number of piperidine rings is 1. The van der Waals surface area contributed by atoms with Gasteiger partial charge in [0.05, 0.1) is 7.11 Å². The summed E-state index contributed by atoms with van der Waals surface area (Å²) in [5, 5.41) is 3.73. The highest BCUT2D eigenvalue weighted by molar-refractivity contribution is 5.69. The normalized spacial score (nSPS) is 28.9. The largest absolute Gasteiger partial charge is 0.469 e. The second kappa shape index (κ2) is 7.25. The number of methoxy groups -OCH3 is 1. The predicted octanol–water partition coefficient (Wildman–Crippen LogP) is 1.65. The Morgan fingerprint density at radius 2 is 2.11 bits per heavy atom. The van der Waals surface area contributed by atoms with Crippen LogP contribution in [0.25, 0.3) is 0 Å². The monoisotopic (exact) mass is 268 g/mol. The molecule has 0 spiro atoms. The fourth-order valence-electron chi connectivity index (χ4n) is 3.25. The van der Waals surface area contributed by atoms with E-state index in [-0.39, 0.29) is 5.97 Å². The van der Waals surface area contributed by atoms with Gasteiger partial charge >= 0.3 is 5.97 Å². The van der Waals surface area contributed by atoms with Crippen LogP contribution in [0.1, 0.15) is 38.5 Å². The van der Waals surface area contributed by atoms with Gasteiger partial charge in [0.25, 0.3) is 0 Å². The summed E-state index contributed by atoms with van der Waals surface area (Å²) in [7, 11) is 3.65. The topological polar surface area (TPSA) is 41.6 Å². The van der Waals surface area contributed by atoms with Gasteiger partial charge in [0.2, 0.25) is 0 Å². The van der Waals surface area contributed by atoms with Crippen molar-refractivity contribution < 1.29 is 9.53 Å². The van der Waals surface area contributed by atoms with Gasteiger partial charge in [-0.25, -0.2) is 0 Å². The van der Waals surface area contributed by atoms with Crippen LogP contribution in [0.15, 0.2) is 0 Å². The van der Waals surface area contributed by atoms with E-state index in [0.29, 0.717) is 18.4 Å². The number of esters is 1. The Kier molecular flexibility index (Phi) is 5.64. The Balaban J connectivity index is 1.69. The molecule has 0 aromatic carbocycles. The van der Waals surface area contributed by atoms with Crippen LogP contribution >= 0.6 is 0 Å². The standard InChI is InChI=1S/C15H28N2O2/c1-17-10-13(6-7-15(18)19-2)8-14(11-17)16-9-12-4-3-5-12/h12-14,16H,3-11H2,1-2H3. The highest BCUT2D eigenvalue weighted by atomic mass is 16.5. The molecule has 2 unspecified atom stereocenters. The molecule has 0 aromatic heterocycles. The Hall–Kier alpha value is -0.610. The van der Waals surface area contributed by atoms with Crippen molar-refractivity contribution in [3.63, 3.8) is 0 Å². The summed E-state index contributed by atoms with van der Waals surface area (Å²) < 4.78 is 4.73. The van der Waals surface area contributed by atoms with Gasteiger partial charge in [-0.15, -0.1) is 0 Å². The van der Waals surface area contributed by atoms with Crippen molar-refractivity contribution in [2.75, 3.05) is 33.8 Å². The van der Waals surface area contributed by atoms with Gasteiger partial charge in [-0.2, -0.15) is 0 Å². The molecule has 1 heterocycles. The number of rotatable bonds is 6. The zero-order valence-electron chi connectivity index (χ0n) is 12.4. The van der Waals surface area contributed by atoms with Crippen LogP contribution in [0.2, 0.25) is 0 Å². The second-order valence-electron chi connectivity index (χ2n) is 6.34. The number of hydrogen-bond acceptors (Lipinski definition) is 4. The molecule has 2 atom stereocenters. The van der Waals surface area contributed by atoms with Gasteiger partial charge in [-0.05, 0) is 51.1 Å². The van der Waals surface area contributed by atoms with Crippen LogP contribution in [0.3, 0.4) is 0 Å². The molecule has 0 bridgehead atoms. The van der Waals surface area contributed by atoms with E-state index >= 15 is 0 Å². The Labute approximate surface area is 116 Å². The summed E-state index contributed by atoms with van der Waals surface area (Å²) in [6.45, 7) is 3.43. The molecular weight excluding hydrogens is 240 g/mol. The Bertz CT molecular complexity index is 292. The summed E-state index contributed by atoms with van der Waals surface area (Å²) in [6.07, 6.45) is 6.94. The highest BCUT2D eigenvalue weighted by Crippen LogP contribution is 2.26. The lowest BCUT2D eigenvalue weighted by Crippen LogP contribution is -2.49. The second-order valence-corrected chi connectivity index (χ2v) is 6.34. The maximum absolute atomic E-state index is 11.2. The highest BCUT2D eigenvalue weighted by Gasteiger charge is 2.26. The van der Waals surface area contributed by atoms with Crippen molar-refractivity contribution >= 4 is 5.97 Å². The molecule has 1 aliphatic heterocycles. The Morgan fingerprint density at radius 1 is 1.32 bits per heavy atom. The van der Waals surface area contributed by atoms with Gasteiger partial charge in [-0.3, -0.25) is 4.79 Å². The molecule has 1 saturated heterocycles. The number of carbonyl (C=O) groups excluding carboxylic acids is 1. The van der Waals surface area contributed by atoms with E-state index in [4.69, 9.17) is 4.74 Å². The summed E-state index contributed by atoms with van der Waals surface area (Å²) in [6, 6.07) is 0.599. The average Bonchev–Trinajstić information content (AvgIpc) is 2.33. The third kappa shape index (κ3) is 4.77. The van der Waals surface area contributed by atoms with Crippen LogP contribution in [0, 0.1) is 11.8 Å². The van der Waals surface area contributed by atoms with Crippen LogP contribution in [-0.4, -0.2) is 50.7 Å². The number of nitrogens with one attached hydrogen (secondary N) is 1. The molecule has 0 aromatic rings. The van der Waals surface area contributed by atoms with Crippen LogP contribution in [0.4, 0.5) is 0 Å². The molecule has 2 fully saturated rings. The lowest BCUT2D eigenvalue weighted by Gasteiger charge is -2.37. The molecular formula is C15H28N2O2. The SMILES string of the molecule is COC(=O)CCC1CC(NCC2CCC2)CN(C)C1. The zero-order valence-corrected chi connectivity index (χ0v) is 12.4. The summed E-state index contributed by atoms with van der Waals surface area (Å²) in [5.74, 6) is 1.46. The van der Waals surface area contributed by atoms with Crippen molar-refractivity contribution in [3.05, 3.63) is 0 Å². The summed E-state index contributed by atoms with van der Waals surface area (Å²) >= 11 is 0. The van der Waals surface area contributed by atoms with E-state index in [9.17, 15) is 4.79 Å². The first-order valence-electron chi connectivity index (χ1n) is 7.66. The average molecular weight is 268 g/mol. The van der Waals surface area contributed by atoms with Crippen LogP contribution < -0.4 is 5.32 Å². The quantitative estimate of drug-likeness (QED) is 0.744. The third-order valence-electron chi connectivity index (χ3n) is 4.62. The molecule has 2 rings (SSSR count). The van der Waals surface area contributed by atoms with E-state index < -0.39 is 0 Å². The number of ether oxygens (including phenoxy) is 1. The van der Waals surface area contributed by atoms with Gasteiger partial charge < -0.3 is 15.0 Å².